The smallest absolute Gasteiger partial charge is 0.0916 e. The number of hydrogen-bond acceptors (Lipinski definition) is 1. The highest BCUT2D eigenvalue weighted by Gasteiger charge is 2.40. The fourth-order valence-electron chi connectivity index (χ4n) is 4.87. The van der Waals surface area contributed by atoms with Crippen molar-refractivity contribution in [1.82, 2.24) is 4.98 Å². The van der Waals surface area contributed by atoms with Gasteiger partial charge in [0, 0.05) is 16.4 Å². The van der Waals surface area contributed by atoms with E-state index in [0.29, 0.717) is 0 Å². The molecule has 0 bridgehead atoms. The Morgan fingerprint density at radius 1 is 0.657 bits per heavy atom. The van der Waals surface area contributed by atoms with Gasteiger partial charge in [-0.2, -0.15) is 0 Å². The van der Waals surface area contributed by atoms with Crippen LogP contribution in [0.2, 0.25) is 5.02 Å². The van der Waals surface area contributed by atoms with E-state index in [4.69, 9.17) is 11.6 Å². The summed E-state index contributed by atoms with van der Waals surface area (Å²) in [5.41, 5.74) is 8.65. The van der Waals surface area contributed by atoms with Crippen molar-refractivity contribution in [3.63, 3.8) is 0 Å². The Bertz CT molecular complexity index is 1280. The summed E-state index contributed by atoms with van der Waals surface area (Å²) in [6.07, 6.45) is 0. The molecule has 1 unspecified atom stereocenters. The average Bonchev–Trinajstić information content (AvgIpc) is 3.24. The third-order valence-corrected chi connectivity index (χ3v) is 8.55. The quantitative estimate of drug-likeness (QED) is 0.223. The van der Waals surface area contributed by atoms with Gasteiger partial charge in [0.1, 0.15) is 0 Å². The molecule has 4 aromatic carbocycles. The van der Waals surface area contributed by atoms with Gasteiger partial charge in [-0.25, -0.2) is 0 Å². The zero-order valence-electron chi connectivity index (χ0n) is 19.9. The predicted octanol–water partition coefficient (Wildman–Crippen LogP) is 9.10. The maximum Gasteiger partial charge on any atom is 0.0916 e. The molecule has 1 nitrogen and oxygen atoms in total. The molecule has 1 N–H and O–H groups in total. The second-order valence-electron chi connectivity index (χ2n) is 8.86. The first kappa shape index (κ1) is 23.5. The van der Waals surface area contributed by atoms with Crippen LogP contribution >= 0.6 is 23.4 Å². The molecule has 5 rings (SSSR count). The highest BCUT2D eigenvalue weighted by atomic mass is 35.5. The molecule has 0 spiro atoms. The molecule has 35 heavy (non-hydrogen) atoms. The molecule has 174 valence electrons. The van der Waals surface area contributed by atoms with E-state index in [0.717, 1.165) is 5.02 Å². The first-order chi connectivity index (χ1) is 17.1. The minimum Gasteiger partial charge on any atom is -0.362 e. The standard InChI is InChI=1S/C32H28ClNS/c1-23-22-30(24(2)34-23)31(25-18-20-29(33)21-19-25)35-32(26-12-6-3-7-13-26,27-14-8-4-9-15-27)28-16-10-5-11-17-28/h3-22,31,34H,1-2H3. The lowest BCUT2D eigenvalue weighted by Gasteiger charge is -2.38. The second-order valence-corrected chi connectivity index (χ2v) is 10.6. The van der Waals surface area contributed by atoms with E-state index in [1.807, 2.05) is 23.9 Å². The van der Waals surface area contributed by atoms with Crippen molar-refractivity contribution in [3.05, 3.63) is 166 Å². The maximum absolute atomic E-state index is 6.31. The van der Waals surface area contributed by atoms with Crippen LogP contribution in [0.3, 0.4) is 0 Å². The van der Waals surface area contributed by atoms with Crippen molar-refractivity contribution in [2.75, 3.05) is 0 Å². The van der Waals surface area contributed by atoms with E-state index in [-0.39, 0.29) is 5.25 Å². The van der Waals surface area contributed by atoms with Crippen LogP contribution in [0.25, 0.3) is 0 Å². The Labute approximate surface area is 217 Å². The first-order valence-corrected chi connectivity index (χ1v) is 13.1. The number of nitrogens with one attached hydrogen (secondary N) is 1. The van der Waals surface area contributed by atoms with Crippen molar-refractivity contribution in [1.29, 1.82) is 0 Å². The molecule has 0 radical (unpaired) electrons. The molecule has 1 aromatic heterocycles. The molecule has 1 heterocycles. The summed E-state index contributed by atoms with van der Waals surface area (Å²) < 4.78 is -0.425. The molecular formula is C32H28ClNS. The van der Waals surface area contributed by atoms with Crippen LogP contribution in [0.15, 0.2) is 121 Å². The number of aromatic nitrogens is 1. The molecule has 5 aromatic rings. The largest absolute Gasteiger partial charge is 0.362 e. The molecule has 0 aliphatic carbocycles. The third-order valence-electron chi connectivity index (χ3n) is 6.48. The predicted molar refractivity (Wildman–Crippen MR) is 150 cm³/mol. The summed E-state index contributed by atoms with van der Waals surface area (Å²) >= 11 is 8.28. The van der Waals surface area contributed by atoms with Crippen LogP contribution in [0, 0.1) is 13.8 Å². The van der Waals surface area contributed by atoms with Crippen LogP contribution in [-0.4, -0.2) is 4.98 Å². The molecule has 0 saturated carbocycles. The number of H-pyrrole nitrogens is 1. The second kappa shape index (κ2) is 10.2. The molecule has 0 fully saturated rings. The number of halogens is 1. The molecule has 3 heteroatoms. The SMILES string of the molecule is Cc1cc(C(SC(c2ccccc2)(c2ccccc2)c2ccccc2)c2ccc(Cl)cc2)c(C)[nH]1. The van der Waals surface area contributed by atoms with Gasteiger partial charge in [0.05, 0.1) is 10.00 Å². The van der Waals surface area contributed by atoms with Crippen molar-refractivity contribution in [2.45, 2.75) is 23.8 Å². The molecule has 0 amide bonds. The summed E-state index contributed by atoms with van der Waals surface area (Å²) in [7, 11) is 0. The van der Waals surface area contributed by atoms with Crippen molar-refractivity contribution in [2.24, 2.45) is 0 Å². The zero-order chi connectivity index (χ0) is 24.3. The van der Waals surface area contributed by atoms with E-state index in [1.54, 1.807) is 0 Å². The van der Waals surface area contributed by atoms with E-state index >= 15 is 0 Å². The number of hydrogen-bond donors (Lipinski definition) is 1. The van der Waals surface area contributed by atoms with Gasteiger partial charge in [0.15, 0.2) is 0 Å². The average molecular weight is 494 g/mol. The topological polar surface area (TPSA) is 15.8 Å². The highest BCUT2D eigenvalue weighted by Crippen LogP contribution is 2.56. The van der Waals surface area contributed by atoms with Gasteiger partial charge in [-0.05, 0) is 59.9 Å². The molecule has 1 atom stereocenters. The normalized spacial score (nSPS) is 12.4. The van der Waals surface area contributed by atoms with Crippen LogP contribution in [0.4, 0.5) is 0 Å². The van der Waals surface area contributed by atoms with Gasteiger partial charge in [0.2, 0.25) is 0 Å². The Morgan fingerprint density at radius 2 is 1.11 bits per heavy atom. The number of aromatic amines is 1. The van der Waals surface area contributed by atoms with E-state index < -0.39 is 4.75 Å². The lowest BCUT2D eigenvalue weighted by Crippen LogP contribution is -2.27. The summed E-state index contributed by atoms with van der Waals surface area (Å²) in [6, 6.07) is 43.2. The van der Waals surface area contributed by atoms with Gasteiger partial charge < -0.3 is 4.98 Å². The van der Waals surface area contributed by atoms with E-state index in [9.17, 15) is 0 Å². The Kier molecular flexibility index (Phi) is 6.86. The fraction of sp³-hybridized carbons (Fsp3) is 0.125. The zero-order valence-corrected chi connectivity index (χ0v) is 21.5. The lowest BCUT2D eigenvalue weighted by atomic mass is 9.84. The van der Waals surface area contributed by atoms with Gasteiger partial charge >= 0.3 is 0 Å². The Balaban J connectivity index is 1.80. The van der Waals surface area contributed by atoms with Crippen LogP contribution < -0.4 is 0 Å². The summed E-state index contributed by atoms with van der Waals surface area (Å²) in [6.45, 7) is 4.29. The monoisotopic (exact) mass is 493 g/mol. The molecule has 0 aliphatic rings. The minimum atomic E-state index is -0.425. The Morgan fingerprint density at radius 3 is 1.51 bits per heavy atom. The summed E-state index contributed by atoms with van der Waals surface area (Å²) in [4.78, 5) is 3.53. The third kappa shape index (κ3) is 4.69. The number of thioether (sulfide) groups is 1. The van der Waals surface area contributed by atoms with Gasteiger partial charge in [0.25, 0.3) is 0 Å². The van der Waals surface area contributed by atoms with Gasteiger partial charge in [-0.1, -0.05) is 115 Å². The Hall–Kier alpha value is -3.20. The number of rotatable bonds is 7. The fourth-order valence-corrected chi connectivity index (χ4v) is 6.83. The highest BCUT2D eigenvalue weighted by molar-refractivity contribution is 8.01. The van der Waals surface area contributed by atoms with Gasteiger partial charge in [-0.3, -0.25) is 0 Å². The maximum atomic E-state index is 6.31. The summed E-state index contributed by atoms with van der Waals surface area (Å²) in [5, 5.41) is 0.831. The van der Waals surface area contributed by atoms with Crippen molar-refractivity contribution < 1.29 is 0 Å². The molecule has 0 saturated heterocycles. The van der Waals surface area contributed by atoms with E-state index in [1.165, 1.54) is 39.2 Å². The van der Waals surface area contributed by atoms with Gasteiger partial charge in [-0.15, -0.1) is 11.8 Å². The number of benzene rings is 4. The summed E-state index contributed by atoms with van der Waals surface area (Å²) in [5.74, 6) is 0. The van der Waals surface area contributed by atoms with Crippen LogP contribution in [0.5, 0.6) is 0 Å². The molecular weight excluding hydrogens is 466 g/mol. The molecule has 0 aliphatic heterocycles. The van der Waals surface area contributed by atoms with E-state index in [2.05, 4.69) is 128 Å². The van der Waals surface area contributed by atoms with Crippen LogP contribution in [0.1, 0.15) is 44.5 Å². The minimum absolute atomic E-state index is 0.0813. The van der Waals surface area contributed by atoms with Crippen LogP contribution in [-0.2, 0) is 4.75 Å². The first-order valence-electron chi connectivity index (χ1n) is 11.8. The number of aryl methyl sites for hydroxylation is 2. The van der Waals surface area contributed by atoms with Crippen molar-refractivity contribution >= 4 is 23.4 Å². The lowest BCUT2D eigenvalue weighted by molar-refractivity contribution is 0.884. The van der Waals surface area contributed by atoms with Crippen molar-refractivity contribution in [3.8, 4) is 0 Å².